The Hall–Kier alpha value is -0.660. The van der Waals surface area contributed by atoms with E-state index < -0.39 is 12.0 Å². The third-order valence-corrected chi connectivity index (χ3v) is 7.10. The Morgan fingerprint density at radius 2 is 1.37 bits per heavy atom. The van der Waals surface area contributed by atoms with Gasteiger partial charge in [-0.25, -0.2) is 8.78 Å². The minimum absolute atomic E-state index is 0.234. The lowest BCUT2D eigenvalue weighted by Gasteiger charge is -2.32. The van der Waals surface area contributed by atoms with Crippen molar-refractivity contribution in [2.24, 2.45) is 23.7 Å². The molecule has 0 aromatic rings. The molecule has 0 aromatic carbocycles. The summed E-state index contributed by atoms with van der Waals surface area (Å²) in [5.41, 5.74) is 1.07. The highest BCUT2D eigenvalue weighted by atomic mass is 19.2. The maximum atomic E-state index is 13.5. The quantitative estimate of drug-likeness (QED) is 0.447. The second kappa shape index (κ2) is 12.0. The zero-order chi connectivity index (χ0) is 19.6. The molecular formula is C25H42F2. The van der Waals surface area contributed by atoms with E-state index in [-0.39, 0.29) is 6.42 Å². The summed E-state index contributed by atoms with van der Waals surface area (Å²) >= 11 is 0. The van der Waals surface area contributed by atoms with Crippen molar-refractivity contribution in [3.05, 3.63) is 23.6 Å². The van der Waals surface area contributed by atoms with Crippen LogP contribution in [0.5, 0.6) is 0 Å². The minimum atomic E-state index is -1.40. The van der Waals surface area contributed by atoms with Crippen molar-refractivity contribution in [1.82, 2.24) is 0 Å². The normalized spacial score (nSPS) is 34.2. The van der Waals surface area contributed by atoms with Gasteiger partial charge in [0, 0.05) is 6.42 Å². The van der Waals surface area contributed by atoms with Crippen LogP contribution in [-0.4, -0.2) is 6.17 Å². The van der Waals surface area contributed by atoms with Gasteiger partial charge in [-0.3, -0.25) is 0 Å². The van der Waals surface area contributed by atoms with Gasteiger partial charge < -0.3 is 0 Å². The fourth-order valence-electron chi connectivity index (χ4n) is 4.82. The smallest absolute Gasteiger partial charge is 0.155 e. The monoisotopic (exact) mass is 380 g/mol. The van der Waals surface area contributed by atoms with Crippen molar-refractivity contribution < 1.29 is 8.78 Å². The zero-order valence-corrected chi connectivity index (χ0v) is 18.0. The molecule has 1 unspecified atom stereocenters. The van der Waals surface area contributed by atoms with Gasteiger partial charge in [0.05, 0.1) is 0 Å². The molecule has 2 heteroatoms. The first kappa shape index (κ1) is 22.6. The molecule has 0 spiro atoms. The van der Waals surface area contributed by atoms with Crippen LogP contribution in [0, 0.1) is 23.7 Å². The topological polar surface area (TPSA) is 0 Å². The van der Waals surface area contributed by atoms with Crippen LogP contribution >= 0.6 is 0 Å². The second-order valence-electron chi connectivity index (χ2n) is 9.36. The molecule has 0 bridgehead atoms. The molecule has 0 nitrogen and oxygen atoms in total. The van der Waals surface area contributed by atoms with Crippen molar-refractivity contribution in [2.45, 2.75) is 110 Å². The number of halogens is 2. The lowest BCUT2D eigenvalue weighted by atomic mass is 9.74. The van der Waals surface area contributed by atoms with Crippen molar-refractivity contribution in [3.63, 3.8) is 0 Å². The van der Waals surface area contributed by atoms with E-state index in [2.05, 4.69) is 20.8 Å². The van der Waals surface area contributed by atoms with Gasteiger partial charge in [-0.1, -0.05) is 78.2 Å². The molecule has 0 amide bonds. The molecule has 0 saturated heterocycles. The average molecular weight is 381 g/mol. The summed E-state index contributed by atoms with van der Waals surface area (Å²) in [7, 11) is 0. The summed E-state index contributed by atoms with van der Waals surface area (Å²) in [4.78, 5) is 0. The predicted octanol–water partition coefficient (Wildman–Crippen LogP) is 8.73. The summed E-state index contributed by atoms with van der Waals surface area (Å²) < 4.78 is 26.7. The molecular weight excluding hydrogens is 338 g/mol. The third-order valence-electron chi connectivity index (χ3n) is 7.10. The maximum Gasteiger partial charge on any atom is 0.155 e. The van der Waals surface area contributed by atoms with Gasteiger partial charge in [0.1, 0.15) is 5.83 Å². The predicted molar refractivity (Wildman–Crippen MR) is 113 cm³/mol. The summed E-state index contributed by atoms with van der Waals surface area (Å²) in [6, 6.07) is 0. The highest BCUT2D eigenvalue weighted by Gasteiger charge is 2.27. The average Bonchev–Trinajstić information content (AvgIpc) is 2.70. The molecule has 0 heterocycles. The van der Waals surface area contributed by atoms with E-state index in [1.807, 2.05) is 6.08 Å². The number of allylic oxidation sites excluding steroid dienone is 4. The highest BCUT2D eigenvalue weighted by Crippen LogP contribution is 2.40. The van der Waals surface area contributed by atoms with Gasteiger partial charge in [0.25, 0.3) is 0 Å². The molecule has 3 rings (SSSR count). The molecule has 1 atom stereocenters. The van der Waals surface area contributed by atoms with E-state index in [1.54, 1.807) is 0 Å². The van der Waals surface area contributed by atoms with Crippen LogP contribution in [0.1, 0.15) is 104 Å². The summed E-state index contributed by atoms with van der Waals surface area (Å²) in [5, 5.41) is 0. The van der Waals surface area contributed by atoms with Crippen LogP contribution < -0.4 is 0 Å². The van der Waals surface area contributed by atoms with Crippen LogP contribution in [0.4, 0.5) is 8.78 Å². The Labute approximate surface area is 166 Å². The van der Waals surface area contributed by atoms with Crippen molar-refractivity contribution >= 4 is 0 Å². The first-order chi connectivity index (χ1) is 13.0. The molecule has 3 aliphatic rings. The van der Waals surface area contributed by atoms with E-state index in [9.17, 15) is 8.78 Å². The number of hydrogen-bond acceptors (Lipinski definition) is 0. The Bertz CT molecular complexity index is 461. The molecule has 3 aliphatic carbocycles. The molecule has 27 heavy (non-hydrogen) atoms. The van der Waals surface area contributed by atoms with Crippen LogP contribution in [-0.2, 0) is 0 Å². The first-order valence-corrected chi connectivity index (χ1v) is 11.7. The van der Waals surface area contributed by atoms with E-state index in [0.29, 0.717) is 5.92 Å². The molecule has 0 N–H and O–H groups in total. The fourth-order valence-corrected chi connectivity index (χ4v) is 4.82. The van der Waals surface area contributed by atoms with Crippen molar-refractivity contribution in [3.8, 4) is 0 Å². The van der Waals surface area contributed by atoms with Crippen LogP contribution in [0.3, 0.4) is 0 Å². The van der Waals surface area contributed by atoms with Crippen LogP contribution in [0.25, 0.3) is 0 Å². The molecule has 2 saturated carbocycles. The fraction of sp³-hybridized carbons (Fsp3) is 0.840. The Kier molecular flexibility index (Phi) is 10.1. The summed E-state index contributed by atoms with van der Waals surface area (Å²) in [6.07, 6.45) is 18.3. The second-order valence-corrected chi connectivity index (χ2v) is 9.36. The Balaban J connectivity index is 0.000000596. The molecule has 156 valence electrons. The Morgan fingerprint density at radius 3 is 1.85 bits per heavy atom. The van der Waals surface area contributed by atoms with Gasteiger partial charge in [-0.05, 0) is 61.0 Å². The molecule has 2 fully saturated rings. The first-order valence-electron chi connectivity index (χ1n) is 11.7. The van der Waals surface area contributed by atoms with Gasteiger partial charge >= 0.3 is 0 Å². The number of alkyl halides is 1. The van der Waals surface area contributed by atoms with E-state index in [1.165, 1.54) is 83.1 Å². The van der Waals surface area contributed by atoms with Gasteiger partial charge in [0.2, 0.25) is 0 Å². The third kappa shape index (κ3) is 7.70. The van der Waals surface area contributed by atoms with E-state index in [4.69, 9.17) is 0 Å². The summed E-state index contributed by atoms with van der Waals surface area (Å²) in [6.45, 7) is 6.75. The molecule has 0 radical (unpaired) electrons. The summed E-state index contributed by atoms with van der Waals surface area (Å²) in [5.74, 6) is 2.71. The maximum absolute atomic E-state index is 13.5. The Morgan fingerprint density at radius 1 is 0.852 bits per heavy atom. The van der Waals surface area contributed by atoms with E-state index in [0.717, 1.165) is 23.3 Å². The van der Waals surface area contributed by atoms with Gasteiger partial charge in [0.15, 0.2) is 6.17 Å². The molecule has 0 aromatic heterocycles. The highest BCUT2D eigenvalue weighted by molar-refractivity contribution is 5.30. The van der Waals surface area contributed by atoms with Gasteiger partial charge in [-0.2, -0.15) is 0 Å². The minimum Gasteiger partial charge on any atom is -0.239 e. The van der Waals surface area contributed by atoms with Crippen LogP contribution in [0.2, 0.25) is 0 Å². The number of unbranched alkanes of at least 4 members (excludes halogenated alkanes) is 1. The zero-order valence-electron chi connectivity index (χ0n) is 18.0. The largest absolute Gasteiger partial charge is 0.239 e. The number of hydrogen-bond donors (Lipinski definition) is 0. The number of rotatable bonds is 5. The molecule has 0 aliphatic heterocycles. The van der Waals surface area contributed by atoms with Gasteiger partial charge in [-0.15, -0.1) is 0 Å². The lowest BCUT2D eigenvalue weighted by Crippen LogP contribution is -2.19. The van der Waals surface area contributed by atoms with Crippen molar-refractivity contribution in [1.29, 1.82) is 0 Å². The van der Waals surface area contributed by atoms with Crippen LogP contribution in [0.15, 0.2) is 23.6 Å². The van der Waals surface area contributed by atoms with Crippen molar-refractivity contribution in [2.75, 3.05) is 0 Å². The van der Waals surface area contributed by atoms with E-state index >= 15 is 0 Å². The SMILES string of the molecule is CC1CCC(CCC2CCC(C3=CCC(F)C(F)=C3)CC2)CC1.CCCC. The standard InChI is InChI=1S/C21H32F2.C4H10/c1-15-2-4-16(5-3-15)6-7-17-8-10-18(11-9-17)19-12-13-20(22)21(23)14-19;1-3-4-2/h12,14-18,20H,2-11,13H2,1H3;3-4H2,1-2H3. The lowest BCUT2D eigenvalue weighted by molar-refractivity contribution is 0.231.